The average molecular weight is 530 g/mol. The number of para-hydroxylation sites is 1. The van der Waals surface area contributed by atoms with E-state index in [0.717, 1.165) is 23.4 Å². The van der Waals surface area contributed by atoms with E-state index in [9.17, 15) is 19.3 Å². The Morgan fingerprint density at radius 1 is 1.14 bits per heavy atom. The molecule has 0 aliphatic heterocycles. The Kier molecular flexibility index (Phi) is 9.25. The minimum atomic E-state index is -0.966. The van der Waals surface area contributed by atoms with Crippen LogP contribution in [0.4, 0.5) is 15.8 Å². The molecule has 0 saturated carbocycles. The number of hydrogen-bond donors (Lipinski definition) is 1. The van der Waals surface area contributed by atoms with Crippen molar-refractivity contribution in [1.82, 2.24) is 14.8 Å². The predicted molar refractivity (Wildman–Crippen MR) is 141 cm³/mol. The number of hydrogen-bond acceptors (Lipinski definition) is 7. The summed E-state index contributed by atoms with van der Waals surface area (Å²) in [4.78, 5) is 23.0. The monoisotopic (exact) mass is 529 g/mol. The molecule has 0 aliphatic carbocycles. The van der Waals surface area contributed by atoms with E-state index in [4.69, 9.17) is 4.74 Å². The molecule has 1 aromatic heterocycles. The van der Waals surface area contributed by atoms with E-state index >= 15 is 0 Å². The molecule has 9 nitrogen and oxygen atoms in total. The first kappa shape index (κ1) is 28.1. The lowest BCUT2D eigenvalue weighted by Gasteiger charge is -2.20. The number of aromatic nitrogens is 3. The first-order valence-electron chi connectivity index (χ1n) is 12.1. The number of anilines is 1. The number of nitro benzene ring substituents is 1. The largest absolute Gasteiger partial charge is 0.482 e. The Bertz CT molecular complexity index is 1260. The lowest BCUT2D eigenvalue weighted by molar-refractivity contribution is -0.387. The van der Waals surface area contributed by atoms with Gasteiger partial charge in [0.2, 0.25) is 11.7 Å². The summed E-state index contributed by atoms with van der Waals surface area (Å²) < 4.78 is 21.9. The number of nitrogens with zero attached hydrogens (tertiary/aromatic N) is 4. The molecule has 198 valence electrons. The molecule has 0 fully saturated rings. The molecule has 2 atom stereocenters. The minimum Gasteiger partial charge on any atom is -0.482 e. The zero-order valence-electron chi connectivity index (χ0n) is 21.8. The molecule has 2 unspecified atom stereocenters. The van der Waals surface area contributed by atoms with Crippen LogP contribution in [0.2, 0.25) is 0 Å². The minimum absolute atomic E-state index is 0.140. The molecule has 1 N–H and O–H groups in total. The van der Waals surface area contributed by atoms with E-state index in [1.165, 1.54) is 17.8 Å². The highest BCUT2D eigenvalue weighted by Crippen LogP contribution is 2.32. The van der Waals surface area contributed by atoms with Crippen LogP contribution in [-0.2, 0) is 11.3 Å². The van der Waals surface area contributed by atoms with Gasteiger partial charge in [-0.25, -0.2) is 0 Å². The molecule has 0 radical (unpaired) electrons. The van der Waals surface area contributed by atoms with Crippen molar-refractivity contribution in [3.63, 3.8) is 0 Å². The van der Waals surface area contributed by atoms with Gasteiger partial charge in [-0.15, -0.1) is 10.2 Å². The summed E-state index contributed by atoms with van der Waals surface area (Å²) in [6.07, 6.45) is -0.385. The molecule has 3 rings (SSSR count). The van der Waals surface area contributed by atoms with E-state index in [2.05, 4.69) is 43.2 Å². The van der Waals surface area contributed by atoms with E-state index in [1.54, 1.807) is 6.92 Å². The fourth-order valence-electron chi connectivity index (χ4n) is 3.72. The van der Waals surface area contributed by atoms with Gasteiger partial charge in [0.1, 0.15) is 5.75 Å². The zero-order chi connectivity index (χ0) is 27.3. The average Bonchev–Trinajstić information content (AvgIpc) is 3.21. The van der Waals surface area contributed by atoms with E-state index in [0.29, 0.717) is 23.4 Å². The maximum Gasteiger partial charge on any atom is 0.306 e. The standard InChI is InChI=1S/C26H32FN5O4S/c1-15(2)14-31-24(17(5)36-23-10-8-7-9-20(23)16(3)4)29-30-26(31)37-18(6)25(33)28-19-11-12-21(27)22(13-19)32(34)35/h7-13,15-18H,14H2,1-6H3,(H,28,33). The summed E-state index contributed by atoms with van der Waals surface area (Å²) in [5, 5.41) is 22.3. The van der Waals surface area contributed by atoms with E-state index < -0.39 is 27.6 Å². The van der Waals surface area contributed by atoms with Gasteiger partial charge in [-0.2, -0.15) is 4.39 Å². The molecule has 0 saturated heterocycles. The highest BCUT2D eigenvalue weighted by atomic mass is 32.2. The number of nitro groups is 1. The zero-order valence-corrected chi connectivity index (χ0v) is 22.6. The number of benzene rings is 2. The Balaban J connectivity index is 1.79. The van der Waals surface area contributed by atoms with E-state index in [-0.39, 0.29) is 17.7 Å². The van der Waals surface area contributed by atoms with Crippen molar-refractivity contribution in [2.24, 2.45) is 5.92 Å². The Labute approximate surface area is 220 Å². The van der Waals surface area contributed by atoms with Crippen molar-refractivity contribution >= 4 is 29.0 Å². The van der Waals surface area contributed by atoms with Crippen LogP contribution in [0.3, 0.4) is 0 Å². The lowest BCUT2D eigenvalue weighted by atomic mass is 10.0. The number of thioether (sulfide) groups is 1. The smallest absolute Gasteiger partial charge is 0.306 e. The van der Waals surface area contributed by atoms with Crippen molar-refractivity contribution in [2.45, 2.75) is 70.5 Å². The summed E-state index contributed by atoms with van der Waals surface area (Å²) in [6.45, 7) is 12.6. The van der Waals surface area contributed by atoms with Crippen molar-refractivity contribution in [2.75, 3.05) is 5.32 Å². The Morgan fingerprint density at radius 2 is 1.84 bits per heavy atom. The van der Waals surface area contributed by atoms with Gasteiger partial charge in [-0.3, -0.25) is 14.9 Å². The molecular formula is C26H32FN5O4S. The molecule has 11 heteroatoms. The highest BCUT2D eigenvalue weighted by molar-refractivity contribution is 8.00. The number of amides is 1. The van der Waals surface area contributed by atoms with Crippen molar-refractivity contribution < 1.29 is 18.8 Å². The quantitative estimate of drug-likeness (QED) is 0.175. The Morgan fingerprint density at radius 3 is 2.49 bits per heavy atom. The number of rotatable bonds is 11. The molecule has 0 spiro atoms. The van der Waals surface area contributed by atoms with Gasteiger partial charge in [-0.1, -0.05) is 57.7 Å². The predicted octanol–water partition coefficient (Wildman–Crippen LogP) is 6.36. The van der Waals surface area contributed by atoms with Crippen LogP contribution in [0.25, 0.3) is 0 Å². The van der Waals surface area contributed by atoms with Crippen LogP contribution in [0.5, 0.6) is 5.75 Å². The van der Waals surface area contributed by atoms with Crippen LogP contribution in [0.15, 0.2) is 47.6 Å². The molecule has 3 aromatic rings. The maximum absolute atomic E-state index is 13.6. The second kappa shape index (κ2) is 12.2. The normalized spacial score (nSPS) is 13.0. The van der Waals surface area contributed by atoms with E-state index in [1.807, 2.05) is 35.8 Å². The second-order valence-corrected chi connectivity index (χ2v) is 10.8. The molecule has 37 heavy (non-hydrogen) atoms. The SMILES string of the molecule is CC(C)Cn1c(SC(C)C(=O)Nc2ccc(F)c([N+](=O)[O-])c2)nnc1C(C)Oc1ccccc1C(C)C. The first-order valence-corrected chi connectivity index (χ1v) is 13.0. The van der Waals surface area contributed by atoms with Gasteiger partial charge >= 0.3 is 5.69 Å². The number of nitrogens with one attached hydrogen (secondary N) is 1. The summed E-state index contributed by atoms with van der Waals surface area (Å²) in [5.74, 6) is 0.655. The summed E-state index contributed by atoms with van der Waals surface area (Å²) >= 11 is 1.22. The van der Waals surface area contributed by atoms with Crippen LogP contribution in [0, 0.1) is 21.8 Å². The van der Waals surface area contributed by atoms with Gasteiger partial charge < -0.3 is 14.6 Å². The van der Waals surface area contributed by atoms with Gasteiger partial charge in [0.25, 0.3) is 0 Å². The topological polar surface area (TPSA) is 112 Å². The van der Waals surface area contributed by atoms with Crippen LogP contribution >= 0.6 is 11.8 Å². The lowest BCUT2D eigenvalue weighted by Crippen LogP contribution is -2.23. The summed E-state index contributed by atoms with van der Waals surface area (Å²) in [6, 6.07) is 11.1. The third-order valence-electron chi connectivity index (χ3n) is 5.56. The van der Waals surface area contributed by atoms with Crippen LogP contribution in [-0.4, -0.2) is 30.8 Å². The maximum atomic E-state index is 13.6. The fraction of sp³-hybridized carbons (Fsp3) is 0.423. The fourth-order valence-corrected chi connectivity index (χ4v) is 4.58. The third-order valence-corrected chi connectivity index (χ3v) is 6.64. The van der Waals surface area contributed by atoms with Crippen molar-refractivity contribution in [3.05, 3.63) is 69.8 Å². The molecule has 0 bridgehead atoms. The number of carbonyl (C=O) groups is 1. The summed E-state index contributed by atoms with van der Waals surface area (Å²) in [5.41, 5.74) is 0.540. The highest BCUT2D eigenvalue weighted by Gasteiger charge is 2.25. The molecule has 1 heterocycles. The van der Waals surface area contributed by atoms with Crippen molar-refractivity contribution in [3.8, 4) is 5.75 Å². The van der Waals surface area contributed by atoms with Gasteiger partial charge in [0.05, 0.1) is 10.2 Å². The number of carbonyl (C=O) groups excluding carboxylic acids is 1. The number of halogens is 1. The van der Waals surface area contributed by atoms with Crippen LogP contribution < -0.4 is 10.1 Å². The summed E-state index contributed by atoms with van der Waals surface area (Å²) in [7, 11) is 0. The van der Waals surface area contributed by atoms with Gasteiger partial charge in [0.15, 0.2) is 17.1 Å². The molecule has 2 aromatic carbocycles. The molecular weight excluding hydrogens is 497 g/mol. The van der Waals surface area contributed by atoms with Crippen molar-refractivity contribution in [1.29, 1.82) is 0 Å². The molecule has 1 amide bonds. The molecule has 0 aliphatic rings. The third kappa shape index (κ3) is 7.06. The van der Waals surface area contributed by atoms with Crippen LogP contribution in [0.1, 0.15) is 65.0 Å². The van der Waals surface area contributed by atoms with Gasteiger partial charge in [0, 0.05) is 18.3 Å². The van der Waals surface area contributed by atoms with Gasteiger partial charge in [-0.05, 0) is 49.4 Å². The Hall–Kier alpha value is -3.47. The number of ether oxygens (including phenoxy) is 1. The first-order chi connectivity index (χ1) is 17.5. The second-order valence-electron chi connectivity index (χ2n) is 9.47.